The molecule has 4 nitrogen and oxygen atoms in total. The maximum Gasteiger partial charge on any atom is 0.500 e. The number of thiazole rings is 1. The first-order valence-electron chi connectivity index (χ1n) is 3.58. The van der Waals surface area contributed by atoms with Crippen molar-refractivity contribution in [2.24, 2.45) is 0 Å². The zero-order chi connectivity index (χ0) is 9.14. The van der Waals surface area contributed by atoms with Crippen LogP contribution in [0.3, 0.4) is 0 Å². The molecule has 0 aliphatic heterocycles. The van der Waals surface area contributed by atoms with Gasteiger partial charge in [0.25, 0.3) is 5.19 Å². The molecular weight excluding hydrogens is 177 g/mol. The lowest BCUT2D eigenvalue weighted by Crippen LogP contribution is -2.26. The zero-order valence-corrected chi connectivity index (χ0v) is 7.71. The SMILES string of the molecule is CC(C)Oc1ncc(B(O)O)s1. The van der Waals surface area contributed by atoms with E-state index < -0.39 is 7.12 Å². The highest BCUT2D eigenvalue weighted by Gasteiger charge is 2.15. The van der Waals surface area contributed by atoms with E-state index in [-0.39, 0.29) is 6.10 Å². The van der Waals surface area contributed by atoms with Crippen LogP contribution in [0.1, 0.15) is 13.8 Å². The first-order valence-corrected chi connectivity index (χ1v) is 4.39. The molecule has 0 saturated heterocycles. The van der Waals surface area contributed by atoms with Crippen molar-refractivity contribution < 1.29 is 14.8 Å². The fraction of sp³-hybridized carbons (Fsp3) is 0.500. The van der Waals surface area contributed by atoms with Crippen LogP contribution in [0.2, 0.25) is 0 Å². The highest BCUT2D eigenvalue weighted by atomic mass is 32.1. The minimum absolute atomic E-state index is 0.0554. The number of aromatic nitrogens is 1. The molecular formula is C6H10BNO3S. The van der Waals surface area contributed by atoms with E-state index in [4.69, 9.17) is 14.8 Å². The van der Waals surface area contributed by atoms with E-state index in [2.05, 4.69) is 4.98 Å². The van der Waals surface area contributed by atoms with Gasteiger partial charge in [0, 0.05) is 6.20 Å². The van der Waals surface area contributed by atoms with Crippen molar-refractivity contribution in [3.63, 3.8) is 0 Å². The van der Waals surface area contributed by atoms with Gasteiger partial charge in [0.15, 0.2) is 0 Å². The summed E-state index contributed by atoms with van der Waals surface area (Å²) in [4.78, 5) is 3.85. The molecule has 6 heteroatoms. The number of nitrogens with zero attached hydrogens (tertiary/aromatic N) is 1. The summed E-state index contributed by atoms with van der Waals surface area (Å²) in [5.74, 6) is 0. The topological polar surface area (TPSA) is 62.6 Å². The third-order valence-corrected chi connectivity index (χ3v) is 2.02. The smallest absolute Gasteiger partial charge is 0.467 e. The van der Waals surface area contributed by atoms with Gasteiger partial charge in [0.2, 0.25) is 0 Å². The van der Waals surface area contributed by atoms with Gasteiger partial charge in [-0.05, 0) is 13.8 Å². The van der Waals surface area contributed by atoms with Crippen LogP contribution in [0.15, 0.2) is 6.20 Å². The summed E-state index contributed by atoms with van der Waals surface area (Å²) >= 11 is 1.14. The molecule has 0 atom stereocenters. The molecule has 1 heterocycles. The molecule has 12 heavy (non-hydrogen) atoms. The Hall–Kier alpha value is -0.585. The Morgan fingerprint density at radius 1 is 1.58 bits per heavy atom. The molecule has 0 aliphatic carbocycles. The van der Waals surface area contributed by atoms with Crippen LogP contribution < -0.4 is 9.51 Å². The molecule has 66 valence electrons. The van der Waals surface area contributed by atoms with Crippen LogP contribution in [0.4, 0.5) is 0 Å². The molecule has 1 aromatic heterocycles. The number of hydrogen-bond acceptors (Lipinski definition) is 5. The first-order chi connectivity index (χ1) is 5.59. The third kappa shape index (κ3) is 2.47. The summed E-state index contributed by atoms with van der Waals surface area (Å²) in [7, 11) is -1.45. The van der Waals surface area contributed by atoms with Gasteiger partial charge in [-0.2, -0.15) is 0 Å². The third-order valence-electron chi connectivity index (χ3n) is 1.09. The van der Waals surface area contributed by atoms with Crippen LogP contribution in [-0.2, 0) is 0 Å². The van der Waals surface area contributed by atoms with Crippen molar-refractivity contribution in [2.75, 3.05) is 0 Å². The molecule has 0 radical (unpaired) electrons. The lowest BCUT2D eigenvalue weighted by atomic mass is 9.91. The van der Waals surface area contributed by atoms with Gasteiger partial charge >= 0.3 is 7.12 Å². The average molecular weight is 187 g/mol. The van der Waals surface area contributed by atoms with E-state index in [0.29, 0.717) is 9.97 Å². The molecule has 0 aromatic carbocycles. The van der Waals surface area contributed by atoms with Gasteiger partial charge in [-0.1, -0.05) is 11.3 Å². The fourth-order valence-electron chi connectivity index (χ4n) is 0.645. The highest BCUT2D eigenvalue weighted by Crippen LogP contribution is 2.13. The molecule has 0 aliphatic rings. The number of rotatable bonds is 3. The maximum atomic E-state index is 8.74. The Morgan fingerprint density at radius 3 is 2.67 bits per heavy atom. The van der Waals surface area contributed by atoms with Gasteiger partial charge in [-0.15, -0.1) is 0 Å². The minimum Gasteiger partial charge on any atom is -0.467 e. The molecule has 0 unspecified atom stereocenters. The van der Waals surface area contributed by atoms with E-state index in [1.807, 2.05) is 13.8 Å². The van der Waals surface area contributed by atoms with Crippen molar-refractivity contribution in [3.05, 3.63) is 6.20 Å². The van der Waals surface area contributed by atoms with Crippen molar-refractivity contribution >= 4 is 23.2 Å². The van der Waals surface area contributed by atoms with E-state index in [0.717, 1.165) is 11.3 Å². The van der Waals surface area contributed by atoms with Crippen molar-refractivity contribution in [3.8, 4) is 5.19 Å². The van der Waals surface area contributed by atoms with E-state index in [1.54, 1.807) is 0 Å². The predicted molar refractivity (Wildman–Crippen MR) is 47.7 cm³/mol. The van der Waals surface area contributed by atoms with Crippen molar-refractivity contribution in [2.45, 2.75) is 20.0 Å². The van der Waals surface area contributed by atoms with Gasteiger partial charge in [0.05, 0.1) is 10.9 Å². The lowest BCUT2D eigenvalue weighted by Gasteiger charge is -2.03. The van der Waals surface area contributed by atoms with E-state index >= 15 is 0 Å². The molecule has 1 rings (SSSR count). The number of hydrogen-bond donors (Lipinski definition) is 2. The van der Waals surface area contributed by atoms with Crippen molar-refractivity contribution in [1.82, 2.24) is 4.98 Å². The molecule has 0 fully saturated rings. The Kier molecular flexibility index (Phi) is 3.08. The Balaban J connectivity index is 2.64. The van der Waals surface area contributed by atoms with Crippen LogP contribution >= 0.6 is 11.3 Å². The van der Waals surface area contributed by atoms with Gasteiger partial charge in [-0.3, -0.25) is 0 Å². The van der Waals surface area contributed by atoms with E-state index in [9.17, 15) is 0 Å². The zero-order valence-electron chi connectivity index (χ0n) is 6.89. The summed E-state index contributed by atoms with van der Waals surface area (Å²) in [5, 5.41) is 17.9. The maximum absolute atomic E-state index is 8.74. The summed E-state index contributed by atoms with van der Waals surface area (Å²) in [6.07, 6.45) is 1.45. The summed E-state index contributed by atoms with van der Waals surface area (Å²) in [6.45, 7) is 3.77. The van der Waals surface area contributed by atoms with Gasteiger partial charge in [0.1, 0.15) is 0 Å². The van der Waals surface area contributed by atoms with Crippen LogP contribution in [0.5, 0.6) is 5.19 Å². The van der Waals surface area contributed by atoms with Crippen LogP contribution in [-0.4, -0.2) is 28.3 Å². The Morgan fingerprint density at radius 2 is 2.25 bits per heavy atom. The fourth-order valence-corrected chi connectivity index (χ4v) is 1.40. The molecule has 0 bridgehead atoms. The number of ether oxygens (including phenoxy) is 1. The largest absolute Gasteiger partial charge is 0.500 e. The predicted octanol–water partition coefficient (Wildman–Crippen LogP) is -0.390. The second kappa shape index (κ2) is 3.89. The Bertz CT molecular complexity index is 251. The first kappa shape index (κ1) is 9.50. The van der Waals surface area contributed by atoms with Gasteiger partial charge < -0.3 is 14.8 Å². The lowest BCUT2D eigenvalue weighted by molar-refractivity contribution is 0.241. The summed E-state index contributed by atoms with van der Waals surface area (Å²) < 4.78 is 5.62. The second-order valence-electron chi connectivity index (χ2n) is 2.57. The molecule has 2 N–H and O–H groups in total. The summed E-state index contributed by atoms with van der Waals surface area (Å²) in [5.41, 5.74) is 0. The van der Waals surface area contributed by atoms with Crippen LogP contribution in [0.25, 0.3) is 0 Å². The monoisotopic (exact) mass is 187 g/mol. The quantitative estimate of drug-likeness (QED) is 0.632. The van der Waals surface area contributed by atoms with E-state index in [1.165, 1.54) is 6.20 Å². The highest BCUT2D eigenvalue weighted by molar-refractivity contribution is 7.23. The molecule has 0 amide bonds. The standard InChI is InChI=1S/C6H10BNO3S/c1-4(2)11-6-8-3-5(12-6)7(9)10/h3-4,9-10H,1-2H3. The second-order valence-corrected chi connectivity index (χ2v) is 3.59. The molecule has 0 spiro atoms. The van der Waals surface area contributed by atoms with Gasteiger partial charge in [-0.25, -0.2) is 4.98 Å². The Labute approximate surface area is 75.0 Å². The molecule has 0 saturated carbocycles. The van der Waals surface area contributed by atoms with Crippen LogP contribution in [0, 0.1) is 0 Å². The molecule has 1 aromatic rings. The summed E-state index contributed by atoms with van der Waals surface area (Å²) in [6, 6.07) is 0. The minimum atomic E-state index is -1.45. The van der Waals surface area contributed by atoms with Crippen molar-refractivity contribution in [1.29, 1.82) is 0 Å². The normalized spacial score (nSPS) is 10.4. The average Bonchev–Trinajstić information content (AvgIpc) is 2.34.